The van der Waals surface area contributed by atoms with E-state index in [0.29, 0.717) is 16.2 Å². The van der Waals surface area contributed by atoms with E-state index in [1.165, 1.54) is 19.3 Å². The SMILES string of the molecule is N#Cc1c(N)nc(SCC(N)=O)c(C#N)c1-c1ccc(SN2CCCCC2)cc1. The summed E-state index contributed by atoms with van der Waals surface area (Å²) < 4.78 is 2.35. The zero-order valence-corrected chi connectivity index (χ0v) is 17.4. The molecular weight excluding hydrogens is 404 g/mol. The van der Waals surface area contributed by atoms with Gasteiger partial charge in [-0.15, -0.1) is 0 Å². The first kappa shape index (κ1) is 21.0. The van der Waals surface area contributed by atoms with Crippen LogP contribution in [0.5, 0.6) is 0 Å². The van der Waals surface area contributed by atoms with Gasteiger partial charge in [-0.25, -0.2) is 9.29 Å². The van der Waals surface area contributed by atoms with Crippen LogP contribution in [0.1, 0.15) is 30.4 Å². The zero-order chi connectivity index (χ0) is 20.8. The van der Waals surface area contributed by atoms with Crippen molar-refractivity contribution in [3.05, 3.63) is 35.4 Å². The van der Waals surface area contributed by atoms with Crippen LogP contribution in [0.3, 0.4) is 0 Å². The van der Waals surface area contributed by atoms with E-state index in [4.69, 9.17) is 11.5 Å². The molecule has 1 saturated heterocycles. The standard InChI is InChI=1S/C20H20N6OS2/c21-10-15-18(16(11-22)20(25-19(15)24)28-12-17(23)27)13-4-6-14(7-5-13)29-26-8-2-1-3-9-26/h4-7H,1-3,8-9,12H2,(H2,23,27)(H2,24,25). The van der Waals surface area contributed by atoms with Crippen molar-refractivity contribution in [2.24, 2.45) is 5.73 Å². The first-order chi connectivity index (χ1) is 14.0. The van der Waals surface area contributed by atoms with Gasteiger partial charge >= 0.3 is 0 Å². The van der Waals surface area contributed by atoms with Crippen LogP contribution in [-0.2, 0) is 4.79 Å². The fraction of sp³-hybridized carbons (Fsp3) is 0.300. The van der Waals surface area contributed by atoms with Crippen LogP contribution < -0.4 is 11.5 Å². The van der Waals surface area contributed by atoms with Gasteiger partial charge in [-0.2, -0.15) is 10.5 Å². The van der Waals surface area contributed by atoms with Crippen molar-refractivity contribution < 1.29 is 4.79 Å². The van der Waals surface area contributed by atoms with Crippen LogP contribution in [0.25, 0.3) is 11.1 Å². The molecule has 1 aromatic carbocycles. The lowest BCUT2D eigenvalue weighted by Crippen LogP contribution is -2.22. The van der Waals surface area contributed by atoms with Crippen molar-refractivity contribution in [2.75, 3.05) is 24.6 Å². The molecule has 4 N–H and O–H groups in total. The number of carbonyl (C=O) groups excluding carboxylic acids is 1. The zero-order valence-electron chi connectivity index (χ0n) is 15.7. The minimum Gasteiger partial charge on any atom is -0.383 e. The van der Waals surface area contributed by atoms with E-state index >= 15 is 0 Å². The van der Waals surface area contributed by atoms with E-state index in [-0.39, 0.29) is 22.7 Å². The molecule has 1 aromatic heterocycles. The molecule has 29 heavy (non-hydrogen) atoms. The molecule has 0 bridgehead atoms. The topological polar surface area (TPSA) is 133 Å². The van der Waals surface area contributed by atoms with Gasteiger partial charge < -0.3 is 11.5 Å². The molecule has 0 saturated carbocycles. The number of hydrogen-bond acceptors (Lipinski definition) is 8. The highest BCUT2D eigenvalue weighted by Crippen LogP contribution is 2.36. The highest BCUT2D eigenvalue weighted by atomic mass is 32.2. The molecule has 148 valence electrons. The van der Waals surface area contributed by atoms with Crippen LogP contribution in [0.4, 0.5) is 5.82 Å². The number of nitrogens with zero attached hydrogens (tertiary/aromatic N) is 4. The minimum atomic E-state index is -0.524. The van der Waals surface area contributed by atoms with Gasteiger partial charge in [0.1, 0.15) is 28.5 Å². The van der Waals surface area contributed by atoms with Gasteiger partial charge in [0, 0.05) is 23.5 Å². The number of anilines is 1. The van der Waals surface area contributed by atoms with Crippen molar-refractivity contribution in [1.29, 1.82) is 10.5 Å². The normalized spacial score (nSPS) is 14.1. The number of carbonyl (C=O) groups is 1. The van der Waals surface area contributed by atoms with Gasteiger partial charge in [-0.1, -0.05) is 30.3 Å². The van der Waals surface area contributed by atoms with E-state index in [9.17, 15) is 15.3 Å². The predicted octanol–water partition coefficient (Wildman–Crippen LogP) is 3.14. The van der Waals surface area contributed by atoms with Crippen LogP contribution in [-0.4, -0.2) is 34.0 Å². The van der Waals surface area contributed by atoms with Crippen molar-refractivity contribution >= 4 is 35.4 Å². The Morgan fingerprint density at radius 1 is 1.10 bits per heavy atom. The average Bonchev–Trinajstić information content (AvgIpc) is 2.73. The second-order valence-electron chi connectivity index (χ2n) is 6.51. The molecule has 1 amide bonds. The molecule has 2 heterocycles. The first-order valence-corrected chi connectivity index (χ1v) is 10.9. The van der Waals surface area contributed by atoms with Crippen LogP contribution in [0, 0.1) is 22.7 Å². The van der Waals surface area contributed by atoms with Crippen molar-refractivity contribution in [3.63, 3.8) is 0 Å². The lowest BCUT2D eigenvalue weighted by molar-refractivity contribution is -0.115. The highest BCUT2D eigenvalue weighted by Gasteiger charge is 2.21. The van der Waals surface area contributed by atoms with E-state index in [1.807, 2.05) is 24.3 Å². The Labute approximate surface area is 178 Å². The molecule has 1 aliphatic heterocycles. The fourth-order valence-corrected chi connectivity index (χ4v) is 4.85. The second-order valence-corrected chi connectivity index (χ2v) is 8.65. The number of benzene rings is 1. The summed E-state index contributed by atoms with van der Waals surface area (Å²) in [5, 5.41) is 19.6. The number of pyridine rings is 1. The Balaban J connectivity index is 1.96. The number of thioether (sulfide) groups is 1. The van der Waals surface area contributed by atoms with E-state index < -0.39 is 5.91 Å². The van der Waals surface area contributed by atoms with Crippen LogP contribution in [0.2, 0.25) is 0 Å². The van der Waals surface area contributed by atoms with E-state index in [0.717, 1.165) is 29.7 Å². The van der Waals surface area contributed by atoms with Crippen molar-refractivity contribution in [2.45, 2.75) is 29.2 Å². The molecule has 0 atom stereocenters. The number of piperidine rings is 1. The molecule has 0 unspecified atom stereocenters. The van der Waals surface area contributed by atoms with Crippen LogP contribution >= 0.6 is 23.7 Å². The smallest absolute Gasteiger partial charge is 0.227 e. The van der Waals surface area contributed by atoms with E-state index in [1.54, 1.807) is 11.9 Å². The highest BCUT2D eigenvalue weighted by molar-refractivity contribution is 8.00. The molecule has 0 aliphatic carbocycles. The van der Waals surface area contributed by atoms with Gasteiger partial charge in [-0.3, -0.25) is 4.79 Å². The molecule has 9 heteroatoms. The first-order valence-electron chi connectivity index (χ1n) is 9.11. The van der Waals surface area contributed by atoms with Crippen LogP contribution in [0.15, 0.2) is 34.2 Å². The summed E-state index contributed by atoms with van der Waals surface area (Å²) >= 11 is 2.76. The molecule has 7 nitrogen and oxygen atoms in total. The molecule has 1 aliphatic rings. The number of primary amides is 1. The summed E-state index contributed by atoms with van der Waals surface area (Å²) in [5.41, 5.74) is 12.7. The number of nitriles is 2. The average molecular weight is 425 g/mol. The Bertz CT molecular complexity index is 988. The van der Waals surface area contributed by atoms with Crippen molar-refractivity contribution in [3.8, 4) is 23.3 Å². The number of nitrogen functional groups attached to an aromatic ring is 1. The Morgan fingerprint density at radius 2 is 1.76 bits per heavy atom. The number of aromatic nitrogens is 1. The summed E-state index contributed by atoms with van der Waals surface area (Å²) in [6, 6.07) is 11.9. The molecule has 0 spiro atoms. The number of nitrogens with two attached hydrogens (primary N) is 2. The van der Waals surface area contributed by atoms with Gasteiger partial charge in [-0.05, 0) is 42.5 Å². The predicted molar refractivity (Wildman–Crippen MR) is 115 cm³/mol. The number of hydrogen-bond donors (Lipinski definition) is 2. The fourth-order valence-electron chi connectivity index (χ4n) is 3.12. The van der Waals surface area contributed by atoms with Gasteiger partial charge in [0.2, 0.25) is 5.91 Å². The molecule has 0 radical (unpaired) electrons. The third-order valence-electron chi connectivity index (χ3n) is 4.46. The van der Waals surface area contributed by atoms with E-state index in [2.05, 4.69) is 21.4 Å². The molecular formula is C20H20N6OS2. The lowest BCUT2D eigenvalue weighted by Gasteiger charge is -2.25. The third kappa shape index (κ3) is 5.01. The Morgan fingerprint density at radius 3 is 2.34 bits per heavy atom. The van der Waals surface area contributed by atoms with Gasteiger partial charge in [0.15, 0.2) is 0 Å². The summed E-state index contributed by atoms with van der Waals surface area (Å²) in [6.07, 6.45) is 3.71. The quantitative estimate of drug-likeness (QED) is 0.534. The molecule has 2 aromatic rings. The summed E-state index contributed by atoms with van der Waals surface area (Å²) in [5.74, 6) is -0.526. The molecule has 3 rings (SSSR count). The number of rotatable bonds is 6. The van der Waals surface area contributed by atoms with Gasteiger partial charge in [0.05, 0.1) is 11.3 Å². The second kappa shape index (κ2) is 9.66. The minimum absolute atomic E-state index is 0.0280. The third-order valence-corrected chi connectivity index (χ3v) is 6.56. The Kier molecular flexibility index (Phi) is 6.99. The molecule has 1 fully saturated rings. The Hall–Kier alpha value is -2.72. The summed E-state index contributed by atoms with van der Waals surface area (Å²) in [4.78, 5) is 16.4. The monoisotopic (exact) mass is 424 g/mol. The summed E-state index contributed by atoms with van der Waals surface area (Å²) in [6.45, 7) is 2.15. The van der Waals surface area contributed by atoms with Gasteiger partial charge in [0.25, 0.3) is 0 Å². The maximum Gasteiger partial charge on any atom is 0.227 e. The maximum atomic E-state index is 11.1. The lowest BCUT2D eigenvalue weighted by atomic mass is 9.97. The summed E-state index contributed by atoms with van der Waals surface area (Å²) in [7, 11) is 0. The maximum absolute atomic E-state index is 11.1. The number of amides is 1. The van der Waals surface area contributed by atoms with Crippen molar-refractivity contribution in [1.82, 2.24) is 9.29 Å². The largest absolute Gasteiger partial charge is 0.383 e.